The van der Waals surface area contributed by atoms with E-state index in [1.807, 2.05) is 38.1 Å². The average Bonchev–Trinajstić information content (AvgIpc) is 3.45. The quantitative estimate of drug-likeness (QED) is 0.659. The molecule has 0 radical (unpaired) electrons. The smallest absolute Gasteiger partial charge is 0.328 e. The molecule has 0 heterocycles. The van der Waals surface area contributed by atoms with Gasteiger partial charge < -0.3 is 15.4 Å². The highest BCUT2D eigenvalue weighted by Crippen LogP contribution is 2.41. The van der Waals surface area contributed by atoms with Crippen molar-refractivity contribution in [2.75, 3.05) is 13.7 Å². The molecule has 1 fully saturated rings. The number of rotatable bonds is 9. The molecule has 2 rings (SSSR count). The number of nitrogens with one attached hydrogen (secondary N) is 2. The summed E-state index contributed by atoms with van der Waals surface area (Å²) >= 11 is 5.95. The number of hydrogen-bond donors (Lipinski definition) is 2. The van der Waals surface area contributed by atoms with E-state index in [4.69, 9.17) is 16.3 Å². The first-order chi connectivity index (χ1) is 12.0. The molecule has 3 unspecified atom stereocenters. The van der Waals surface area contributed by atoms with Crippen LogP contribution in [0.15, 0.2) is 24.3 Å². The molecule has 2 N–H and O–H groups in total. The summed E-state index contributed by atoms with van der Waals surface area (Å²) < 4.78 is 4.80. The summed E-state index contributed by atoms with van der Waals surface area (Å²) in [5.41, 5.74) is 1.13. The predicted octanol–water partition coefficient (Wildman–Crippen LogP) is 3.08. The van der Waals surface area contributed by atoms with Gasteiger partial charge >= 0.3 is 5.97 Å². The van der Waals surface area contributed by atoms with Crippen LogP contribution in [0.25, 0.3) is 0 Å². The maximum atomic E-state index is 12.3. The van der Waals surface area contributed by atoms with Crippen LogP contribution in [-0.2, 0) is 14.3 Å². The summed E-state index contributed by atoms with van der Waals surface area (Å²) in [6, 6.07) is 7.23. The number of amides is 1. The van der Waals surface area contributed by atoms with E-state index < -0.39 is 12.0 Å². The van der Waals surface area contributed by atoms with E-state index >= 15 is 0 Å². The molecule has 25 heavy (non-hydrogen) atoms. The summed E-state index contributed by atoms with van der Waals surface area (Å²) in [5.74, 6) is -0.0405. The van der Waals surface area contributed by atoms with Gasteiger partial charge in [-0.05, 0) is 42.4 Å². The lowest BCUT2D eigenvalue weighted by atomic mass is 9.99. The number of carbonyl (C=O) groups excluding carboxylic acids is 2. The van der Waals surface area contributed by atoms with Crippen LogP contribution in [0.1, 0.15) is 44.7 Å². The van der Waals surface area contributed by atoms with Gasteiger partial charge in [-0.2, -0.15) is 0 Å². The van der Waals surface area contributed by atoms with E-state index in [0.29, 0.717) is 10.9 Å². The first kappa shape index (κ1) is 19.7. The first-order valence-electron chi connectivity index (χ1n) is 8.82. The molecule has 1 aromatic carbocycles. The van der Waals surface area contributed by atoms with Crippen molar-refractivity contribution in [1.82, 2.24) is 10.6 Å². The van der Waals surface area contributed by atoms with Crippen LogP contribution >= 0.6 is 11.6 Å². The maximum Gasteiger partial charge on any atom is 0.328 e. The molecule has 5 nitrogen and oxygen atoms in total. The summed E-state index contributed by atoms with van der Waals surface area (Å²) in [5, 5.41) is 6.83. The Kier molecular flexibility index (Phi) is 7.26. The lowest BCUT2D eigenvalue weighted by Crippen LogP contribution is -2.48. The van der Waals surface area contributed by atoms with Crippen molar-refractivity contribution in [3.05, 3.63) is 34.9 Å². The average molecular weight is 367 g/mol. The van der Waals surface area contributed by atoms with Gasteiger partial charge in [0.25, 0.3) is 0 Å². The van der Waals surface area contributed by atoms with Crippen LogP contribution in [0.5, 0.6) is 0 Å². The van der Waals surface area contributed by atoms with Gasteiger partial charge in [0.15, 0.2) is 0 Å². The zero-order chi connectivity index (χ0) is 18.4. The second-order valence-corrected chi connectivity index (χ2v) is 7.14. The summed E-state index contributed by atoms with van der Waals surface area (Å²) in [7, 11) is 1.34. The minimum Gasteiger partial charge on any atom is -0.467 e. The van der Waals surface area contributed by atoms with Crippen molar-refractivity contribution in [3.63, 3.8) is 0 Å². The van der Waals surface area contributed by atoms with Crippen LogP contribution in [0.2, 0.25) is 5.02 Å². The number of esters is 1. The molecule has 1 amide bonds. The lowest BCUT2D eigenvalue weighted by Gasteiger charge is -2.23. The summed E-state index contributed by atoms with van der Waals surface area (Å²) in [6.45, 7) is 4.07. The summed E-state index contributed by atoms with van der Waals surface area (Å²) in [4.78, 5) is 24.2. The van der Waals surface area contributed by atoms with Crippen LogP contribution in [-0.4, -0.2) is 31.6 Å². The third kappa shape index (κ3) is 5.72. The summed E-state index contributed by atoms with van der Waals surface area (Å²) in [6.07, 6.45) is 3.09. The highest BCUT2D eigenvalue weighted by Gasteiger charge is 2.33. The molecule has 6 heteroatoms. The normalized spacial score (nSPS) is 17.4. The number of benzene rings is 1. The Hall–Kier alpha value is -1.59. The third-order valence-electron chi connectivity index (χ3n) is 4.79. The van der Waals surface area contributed by atoms with Crippen LogP contribution in [0.3, 0.4) is 0 Å². The van der Waals surface area contributed by atoms with E-state index in [0.717, 1.165) is 24.8 Å². The van der Waals surface area contributed by atoms with E-state index in [1.54, 1.807) is 0 Å². The molecule has 0 aromatic heterocycles. The Morgan fingerprint density at radius 3 is 2.44 bits per heavy atom. The Labute approximate surface area is 154 Å². The van der Waals surface area contributed by atoms with Crippen LogP contribution in [0.4, 0.5) is 0 Å². The second-order valence-electron chi connectivity index (χ2n) is 6.70. The monoisotopic (exact) mass is 366 g/mol. The largest absolute Gasteiger partial charge is 0.467 e. The van der Waals surface area contributed by atoms with Gasteiger partial charge in [0.2, 0.25) is 5.91 Å². The standard InChI is InChI=1S/C19H27ClN2O3/c1-4-12(2)17(19(24)25-3)22-16(23)11-21-18(13-5-6-13)14-7-9-15(20)10-8-14/h7-10,12-13,17-18,21H,4-6,11H2,1-3H3,(H,22,23). The van der Waals surface area contributed by atoms with E-state index in [-0.39, 0.29) is 24.4 Å². The van der Waals surface area contributed by atoms with Gasteiger partial charge in [-0.25, -0.2) is 4.79 Å². The van der Waals surface area contributed by atoms with Crippen molar-refractivity contribution in [2.24, 2.45) is 11.8 Å². The van der Waals surface area contributed by atoms with E-state index in [1.165, 1.54) is 7.11 Å². The second kappa shape index (κ2) is 9.20. The van der Waals surface area contributed by atoms with Gasteiger partial charge in [0.1, 0.15) is 6.04 Å². The van der Waals surface area contributed by atoms with Gasteiger partial charge in [0, 0.05) is 11.1 Å². The number of carbonyl (C=O) groups is 2. The van der Waals surface area contributed by atoms with E-state index in [9.17, 15) is 9.59 Å². The number of hydrogen-bond acceptors (Lipinski definition) is 4. The molecule has 3 atom stereocenters. The molecule has 138 valence electrons. The SMILES string of the molecule is CCC(C)C(NC(=O)CNC(c1ccc(Cl)cc1)C1CC1)C(=O)OC. The van der Waals surface area contributed by atoms with E-state index in [2.05, 4.69) is 10.6 Å². The van der Waals surface area contributed by atoms with Gasteiger partial charge in [-0.15, -0.1) is 0 Å². The molecule has 1 aromatic rings. The Morgan fingerprint density at radius 2 is 1.92 bits per heavy atom. The molecule has 1 aliphatic carbocycles. The van der Waals surface area contributed by atoms with Crippen molar-refractivity contribution < 1.29 is 14.3 Å². The molecule has 1 saturated carbocycles. The first-order valence-corrected chi connectivity index (χ1v) is 9.20. The van der Waals surface area contributed by atoms with Gasteiger partial charge in [-0.3, -0.25) is 4.79 Å². The fourth-order valence-corrected chi connectivity index (χ4v) is 3.01. The molecule has 1 aliphatic rings. The minimum absolute atomic E-state index is 0.0203. The molecule has 0 bridgehead atoms. The Bertz CT molecular complexity index is 587. The van der Waals surface area contributed by atoms with Gasteiger partial charge in [-0.1, -0.05) is 44.0 Å². The fraction of sp³-hybridized carbons (Fsp3) is 0.579. The number of ether oxygens (including phenoxy) is 1. The third-order valence-corrected chi connectivity index (χ3v) is 5.04. The molecule has 0 saturated heterocycles. The van der Waals surface area contributed by atoms with Crippen LogP contribution in [0, 0.1) is 11.8 Å². The lowest BCUT2D eigenvalue weighted by molar-refractivity contribution is -0.146. The molecule has 0 spiro atoms. The topological polar surface area (TPSA) is 67.4 Å². The minimum atomic E-state index is -0.612. The fourth-order valence-electron chi connectivity index (χ4n) is 2.88. The van der Waals surface area contributed by atoms with Crippen molar-refractivity contribution >= 4 is 23.5 Å². The van der Waals surface area contributed by atoms with Crippen molar-refractivity contribution in [3.8, 4) is 0 Å². The highest BCUT2D eigenvalue weighted by molar-refractivity contribution is 6.30. The Balaban J connectivity index is 1.94. The maximum absolute atomic E-state index is 12.3. The zero-order valence-corrected chi connectivity index (χ0v) is 15.8. The predicted molar refractivity (Wildman–Crippen MR) is 98.3 cm³/mol. The van der Waals surface area contributed by atoms with Crippen molar-refractivity contribution in [1.29, 1.82) is 0 Å². The van der Waals surface area contributed by atoms with Crippen LogP contribution < -0.4 is 10.6 Å². The molecule has 0 aliphatic heterocycles. The molecular weight excluding hydrogens is 340 g/mol. The van der Waals surface area contributed by atoms with Gasteiger partial charge in [0.05, 0.1) is 13.7 Å². The highest BCUT2D eigenvalue weighted by atomic mass is 35.5. The molecular formula is C19H27ClN2O3. The number of methoxy groups -OCH3 is 1. The Morgan fingerprint density at radius 1 is 1.28 bits per heavy atom. The number of halogens is 1. The zero-order valence-electron chi connectivity index (χ0n) is 15.0. The van der Waals surface area contributed by atoms with Crippen molar-refractivity contribution in [2.45, 2.75) is 45.2 Å².